The maximum absolute atomic E-state index is 13.0. The van der Waals surface area contributed by atoms with Crippen molar-refractivity contribution in [2.24, 2.45) is 5.92 Å². The van der Waals surface area contributed by atoms with Crippen LogP contribution in [0, 0.1) is 11.7 Å². The molecule has 0 unspecified atom stereocenters. The topological polar surface area (TPSA) is 28.2 Å². The molecule has 0 aliphatic carbocycles. The normalized spacial score (nSPS) is 29.5. The highest BCUT2D eigenvalue weighted by Crippen LogP contribution is 2.34. The number of nitrogens with one attached hydrogen (secondary N) is 1. The Balaban J connectivity index is 1.49. The molecule has 2 aromatic rings. The first kappa shape index (κ1) is 14.6. The molecule has 3 saturated heterocycles. The van der Waals surface area contributed by atoms with Crippen molar-refractivity contribution in [3.05, 3.63) is 48.4 Å². The van der Waals surface area contributed by atoms with Gasteiger partial charge in [0, 0.05) is 17.6 Å². The van der Waals surface area contributed by atoms with Crippen LogP contribution in [0.2, 0.25) is 0 Å². The maximum atomic E-state index is 13.0. The molecule has 1 N–H and O–H groups in total. The van der Waals surface area contributed by atoms with E-state index in [1.54, 1.807) is 12.1 Å². The van der Waals surface area contributed by atoms with Crippen LogP contribution in [-0.4, -0.2) is 35.1 Å². The fraction of sp³-hybridized carbons (Fsp3) is 0.421. The molecule has 1 aromatic heterocycles. The highest BCUT2D eigenvalue weighted by molar-refractivity contribution is 5.61. The molecule has 2 atom stereocenters. The molecule has 0 spiro atoms. The molecule has 5 rings (SSSR count). The van der Waals surface area contributed by atoms with Gasteiger partial charge in [-0.15, -0.1) is 0 Å². The molecule has 3 nitrogen and oxygen atoms in total. The predicted molar refractivity (Wildman–Crippen MR) is 90.8 cm³/mol. The molecule has 2 bridgehead atoms. The molecule has 4 heterocycles. The molecule has 3 aliphatic rings. The number of aromatic nitrogens is 1. The van der Waals surface area contributed by atoms with Crippen molar-refractivity contribution in [1.82, 2.24) is 9.88 Å². The van der Waals surface area contributed by atoms with Crippen LogP contribution in [0.15, 0.2) is 42.6 Å². The second kappa shape index (κ2) is 5.93. The highest BCUT2D eigenvalue weighted by atomic mass is 19.1. The van der Waals surface area contributed by atoms with Gasteiger partial charge in [-0.2, -0.15) is 0 Å². The van der Waals surface area contributed by atoms with Crippen molar-refractivity contribution < 1.29 is 4.39 Å². The first-order chi connectivity index (χ1) is 11.2. The fourth-order valence-electron chi connectivity index (χ4n) is 4.01. The lowest BCUT2D eigenvalue weighted by molar-refractivity contribution is 0.0458. The summed E-state index contributed by atoms with van der Waals surface area (Å²) in [5.41, 5.74) is 2.88. The van der Waals surface area contributed by atoms with Crippen molar-refractivity contribution in [1.29, 1.82) is 0 Å². The number of hydrogen-bond donors (Lipinski definition) is 1. The van der Waals surface area contributed by atoms with E-state index >= 15 is 0 Å². The Morgan fingerprint density at radius 2 is 1.83 bits per heavy atom. The van der Waals surface area contributed by atoms with Gasteiger partial charge in [-0.05, 0) is 75.2 Å². The molecule has 4 heteroatoms. The summed E-state index contributed by atoms with van der Waals surface area (Å²) in [6, 6.07) is 11.6. The third-order valence-corrected chi connectivity index (χ3v) is 5.41. The number of rotatable bonds is 3. The number of hydrogen-bond acceptors (Lipinski definition) is 3. The van der Waals surface area contributed by atoms with E-state index in [1.807, 2.05) is 12.3 Å². The third-order valence-electron chi connectivity index (χ3n) is 5.41. The second-order valence-corrected chi connectivity index (χ2v) is 6.72. The van der Waals surface area contributed by atoms with Crippen LogP contribution in [-0.2, 0) is 0 Å². The van der Waals surface area contributed by atoms with E-state index < -0.39 is 0 Å². The van der Waals surface area contributed by atoms with Crippen molar-refractivity contribution in [3.8, 4) is 11.3 Å². The van der Waals surface area contributed by atoms with Crippen LogP contribution in [0.5, 0.6) is 0 Å². The van der Waals surface area contributed by atoms with E-state index in [0.29, 0.717) is 12.1 Å². The number of halogens is 1. The zero-order valence-corrected chi connectivity index (χ0v) is 13.4. The van der Waals surface area contributed by atoms with E-state index in [-0.39, 0.29) is 5.82 Å². The zero-order chi connectivity index (χ0) is 15.8. The van der Waals surface area contributed by atoms with E-state index in [2.05, 4.69) is 28.2 Å². The minimum absolute atomic E-state index is 0.219. The Bertz CT molecular complexity index is 658. The monoisotopic (exact) mass is 311 g/mol. The average molecular weight is 311 g/mol. The van der Waals surface area contributed by atoms with E-state index in [1.165, 1.54) is 38.1 Å². The molecule has 1 aromatic carbocycles. The number of benzene rings is 1. The van der Waals surface area contributed by atoms with Gasteiger partial charge in [0.05, 0.1) is 17.6 Å². The summed E-state index contributed by atoms with van der Waals surface area (Å²) in [6.45, 7) is 4.81. The summed E-state index contributed by atoms with van der Waals surface area (Å²) in [4.78, 5) is 7.11. The van der Waals surface area contributed by atoms with Gasteiger partial charge < -0.3 is 5.32 Å². The predicted octanol–water partition coefficient (Wildman–Crippen LogP) is 3.78. The molecule has 23 heavy (non-hydrogen) atoms. The summed E-state index contributed by atoms with van der Waals surface area (Å²) in [7, 11) is 0. The van der Waals surface area contributed by atoms with E-state index in [9.17, 15) is 4.39 Å². The molecule has 3 fully saturated rings. The molecule has 0 amide bonds. The van der Waals surface area contributed by atoms with Crippen LogP contribution < -0.4 is 5.32 Å². The first-order valence-corrected chi connectivity index (χ1v) is 8.43. The third kappa shape index (κ3) is 2.83. The maximum Gasteiger partial charge on any atom is 0.123 e. The lowest BCUT2D eigenvalue weighted by Gasteiger charge is -2.50. The quantitative estimate of drug-likeness (QED) is 0.935. The van der Waals surface area contributed by atoms with Gasteiger partial charge >= 0.3 is 0 Å². The van der Waals surface area contributed by atoms with Gasteiger partial charge in [0.1, 0.15) is 5.82 Å². The lowest BCUT2D eigenvalue weighted by atomic mass is 9.79. The van der Waals surface area contributed by atoms with Gasteiger partial charge in [-0.25, -0.2) is 4.39 Å². The number of piperidine rings is 3. The lowest BCUT2D eigenvalue weighted by Crippen LogP contribution is -2.59. The summed E-state index contributed by atoms with van der Waals surface area (Å²) in [6.07, 6.45) is 4.48. The molecule has 0 saturated carbocycles. The van der Waals surface area contributed by atoms with Crippen molar-refractivity contribution in [3.63, 3.8) is 0 Å². The van der Waals surface area contributed by atoms with Crippen LogP contribution >= 0.6 is 0 Å². The van der Waals surface area contributed by atoms with Gasteiger partial charge in [-0.1, -0.05) is 0 Å². The highest BCUT2D eigenvalue weighted by Gasteiger charge is 2.39. The average Bonchev–Trinajstić information content (AvgIpc) is 2.60. The molecular formula is C19H22FN3. The van der Waals surface area contributed by atoms with Gasteiger partial charge in [0.25, 0.3) is 0 Å². The van der Waals surface area contributed by atoms with E-state index in [4.69, 9.17) is 0 Å². The van der Waals surface area contributed by atoms with Crippen LogP contribution in [0.4, 0.5) is 10.1 Å². The standard InChI is InChI=1S/C19H22FN3/c1-13-19(15-8-10-23(13)11-9-15)22-17-6-7-18(21-12-17)14-2-4-16(20)5-3-14/h2-7,12-13,15,19,22H,8-11H2,1H3/t13-,19+/m1/s1. The molecular weight excluding hydrogens is 289 g/mol. The Kier molecular flexibility index (Phi) is 3.77. The second-order valence-electron chi connectivity index (χ2n) is 6.72. The SMILES string of the molecule is C[C@@H]1[C@H](Nc2ccc(-c3ccc(F)cc3)nc2)C2CCN1CC2. The number of fused-ring (bicyclic) bond motifs is 3. The summed E-state index contributed by atoms with van der Waals surface area (Å²) in [5.74, 6) is 0.551. The Labute approximate surface area is 136 Å². The van der Waals surface area contributed by atoms with Crippen LogP contribution in [0.25, 0.3) is 11.3 Å². The van der Waals surface area contributed by atoms with Crippen molar-refractivity contribution >= 4 is 5.69 Å². The summed E-state index contributed by atoms with van der Waals surface area (Å²) < 4.78 is 13.0. The molecule has 120 valence electrons. The first-order valence-electron chi connectivity index (χ1n) is 8.43. The minimum Gasteiger partial charge on any atom is -0.379 e. The van der Waals surface area contributed by atoms with Crippen molar-refractivity contribution in [2.75, 3.05) is 18.4 Å². The Morgan fingerprint density at radius 1 is 1.09 bits per heavy atom. The number of pyridine rings is 1. The molecule has 3 aliphatic heterocycles. The smallest absolute Gasteiger partial charge is 0.123 e. The fourth-order valence-corrected chi connectivity index (χ4v) is 4.01. The zero-order valence-electron chi connectivity index (χ0n) is 13.4. The van der Waals surface area contributed by atoms with Gasteiger partial charge in [-0.3, -0.25) is 9.88 Å². The Morgan fingerprint density at radius 3 is 2.43 bits per heavy atom. The van der Waals surface area contributed by atoms with Gasteiger partial charge in [0.2, 0.25) is 0 Å². The summed E-state index contributed by atoms with van der Waals surface area (Å²) >= 11 is 0. The number of nitrogens with zero attached hydrogens (tertiary/aromatic N) is 2. The van der Waals surface area contributed by atoms with E-state index in [0.717, 1.165) is 22.9 Å². The van der Waals surface area contributed by atoms with Crippen molar-refractivity contribution in [2.45, 2.75) is 31.8 Å². The number of anilines is 1. The van der Waals surface area contributed by atoms with Crippen LogP contribution in [0.3, 0.4) is 0 Å². The van der Waals surface area contributed by atoms with Crippen LogP contribution in [0.1, 0.15) is 19.8 Å². The largest absolute Gasteiger partial charge is 0.379 e. The Hall–Kier alpha value is -1.94. The minimum atomic E-state index is -0.219. The molecule has 0 radical (unpaired) electrons. The summed E-state index contributed by atoms with van der Waals surface area (Å²) in [5, 5.41) is 3.69. The van der Waals surface area contributed by atoms with Gasteiger partial charge in [0.15, 0.2) is 0 Å².